The topological polar surface area (TPSA) is 32.6 Å². The summed E-state index contributed by atoms with van der Waals surface area (Å²) in [7, 11) is 0. The van der Waals surface area contributed by atoms with Crippen LogP contribution in [0, 0.1) is 7.14 Å². The van der Waals surface area contributed by atoms with Crippen molar-refractivity contribution in [2.45, 2.75) is 53.4 Å². The second-order valence-corrected chi connectivity index (χ2v) is 11.7. The first-order valence-corrected chi connectivity index (χ1v) is 15.1. The molecule has 2 nitrogen and oxygen atoms in total. The predicted octanol–water partition coefficient (Wildman–Crippen LogP) is 9.94. The quantitative estimate of drug-likeness (QED) is 0.143. The Morgan fingerprint density at radius 1 is 0.676 bits per heavy atom. The Morgan fingerprint density at radius 3 is 1.57 bits per heavy atom. The van der Waals surface area contributed by atoms with Crippen LogP contribution in [0.1, 0.15) is 55.5 Å². The zero-order valence-corrected chi connectivity index (χ0v) is 26.2. The normalized spacial score (nSPS) is 11.4. The van der Waals surface area contributed by atoms with Crippen LogP contribution >= 0.6 is 45.2 Å². The van der Waals surface area contributed by atoms with E-state index in [1.54, 1.807) is 0 Å². The number of halogens is 2. The van der Waals surface area contributed by atoms with Gasteiger partial charge in [0.1, 0.15) is 5.75 Å². The molecule has 1 N–H and O–H groups in total. The van der Waals surface area contributed by atoms with Gasteiger partial charge in [-0.2, -0.15) is 0 Å². The van der Waals surface area contributed by atoms with Crippen LogP contribution in [0.3, 0.4) is 0 Å². The second-order valence-electron chi connectivity index (χ2n) is 9.28. The van der Waals surface area contributed by atoms with E-state index in [0.717, 1.165) is 55.2 Å². The van der Waals surface area contributed by atoms with E-state index in [2.05, 4.69) is 127 Å². The summed E-state index contributed by atoms with van der Waals surface area (Å²) in [6.45, 7) is 8.83. The fourth-order valence-corrected chi connectivity index (χ4v) is 6.51. The van der Waals surface area contributed by atoms with Crippen molar-refractivity contribution in [3.8, 4) is 28.0 Å². The molecule has 0 heterocycles. The fraction of sp³-hybridized carbons (Fsp3) is 0.242. The molecule has 0 amide bonds. The smallest absolute Gasteiger partial charge is 0.137 e. The average molecular weight is 713 g/mol. The van der Waals surface area contributed by atoms with Gasteiger partial charge in [-0.25, -0.2) is 0 Å². The highest BCUT2D eigenvalue weighted by atomic mass is 127. The molecule has 190 valence electrons. The highest BCUT2D eigenvalue weighted by Gasteiger charge is 2.15. The van der Waals surface area contributed by atoms with Crippen LogP contribution < -0.4 is 0 Å². The molecular formula is C33H33I2NO. The summed E-state index contributed by atoms with van der Waals surface area (Å²) in [5, 5.41) is 10.7. The van der Waals surface area contributed by atoms with Crippen molar-refractivity contribution in [2.24, 2.45) is 4.99 Å². The lowest BCUT2D eigenvalue weighted by Crippen LogP contribution is -1.93. The van der Waals surface area contributed by atoms with Crippen molar-refractivity contribution >= 4 is 57.1 Å². The van der Waals surface area contributed by atoms with Gasteiger partial charge >= 0.3 is 0 Å². The Morgan fingerprint density at radius 2 is 1.14 bits per heavy atom. The standard InChI is InChI=1S/C33H33I2NO/c1-5-21-12-22(6-2)15-25(14-21)29-10-9-11-30(26-16-23(7-3)13-24(8-4)17-26)32(29)36-20-27-18-28(34)19-31(35)33(27)37/h9-20,37H,5-8H2,1-4H3. The van der Waals surface area contributed by atoms with E-state index in [1.165, 1.54) is 33.4 Å². The second kappa shape index (κ2) is 12.6. The number of phenolic OH excluding ortho intramolecular Hbond substituents is 1. The Balaban J connectivity index is 1.99. The number of benzene rings is 4. The molecule has 0 bridgehead atoms. The van der Waals surface area contributed by atoms with Crippen molar-refractivity contribution in [2.75, 3.05) is 0 Å². The predicted molar refractivity (Wildman–Crippen MR) is 176 cm³/mol. The van der Waals surface area contributed by atoms with Crippen LogP contribution in [0.25, 0.3) is 22.3 Å². The number of aliphatic imine (C=N–C) groups is 1. The first-order chi connectivity index (χ1) is 17.9. The van der Waals surface area contributed by atoms with E-state index in [4.69, 9.17) is 4.99 Å². The minimum absolute atomic E-state index is 0.270. The van der Waals surface area contributed by atoms with Gasteiger partial charge in [-0.1, -0.05) is 82.3 Å². The molecule has 0 spiro atoms. The number of aromatic hydroxyl groups is 1. The Labute approximate surface area is 248 Å². The monoisotopic (exact) mass is 713 g/mol. The molecule has 0 aliphatic rings. The highest BCUT2D eigenvalue weighted by Crippen LogP contribution is 2.41. The average Bonchev–Trinajstić information content (AvgIpc) is 2.93. The molecule has 0 saturated heterocycles. The van der Waals surface area contributed by atoms with Gasteiger partial charge in [-0.15, -0.1) is 0 Å². The minimum atomic E-state index is 0.270. The first-order valence-electron chi connectivity index (χ1n) is 13.0. The molecule has 0 atom stereocenters. The Hall–Kier alpha value is -2.19. The number of nitrogens with zero attached hydrogens (tertiary/aromatic N) is 1. The third-order valence-electron chi connectivity index (χ3n) is 6.79. The van der Waals surface area contributed by atoms with Crippen LogP contribution in [0.15, 0.2) is 71.7 Å². The molecule has 0 aromatic heterocycles. The van der Waals surface area contributed by atoms with Gasteiger partial charge in [0.2, 0.25) is 0 Å². The Bertz CT molecular complexity index is 1340. The summed E-state index contributed by atoms with van der Waals surface area (Å²) >= 11 is 4.46. The summed E-state index contributed by atoms with van der Waals surface area (Å²) in [5.41, 5.74) is 11.6. The van der Waals surface area contributed by atoms with Gasteiger partial charge in [0, 0.05) is 26.5 Å². The molecule has 0 aliphatic heterocycles. The van der Waals surface area contributed by atoms with Gasteiger partial charge in [0.25, 0.3) is 0 Å². The molecule has 4 heteroatoms. The van der Waals surface area contributed by atoms with Crippen molar-refractivity contribution in [3.05, 3.63) is 102 Å². The number of hydrogen-bond donors (Lipinski definition) is 1. The third-order valence-corrected chi connectivity index (χ3v) is 8.23. The SMILES string of the molecule is CCc1cc(CC)cc(-c2cccc(-c3cc(CC)cc(CC)c3)c2N=Cc2cc(I)cc(I)c2O)c1. The lowest BCUT2D eigenvalue weighted by Gasteiger charge is -2.16. The fourth-order valence-electron chi connectivity index (χ4n) is 4.62. The van der Waals surface area contributed by atoms with E-state index < -0.39 is 0 Å². The van der Waals surface area contributed by atoms with Crippen molar-refractivity contribution in [1.82, 2.24) is 0 Å². The van der Waals surface area contributed by atoms with Crippen molar-refractivity contribution in [3.63, 3.8) is 0 Å². The summed E-state index contributed by atoms with van der Waals surface area (Å²) in [6, 6.07) is 24.2. The lowest BCUT2D eigenvalue weighted by molar-refractivity contribution is 0.470. The van der Waals surface area contributed by atoms with Crippen molar-refractivity contribution in [1.29, 1.82) is 0 Å². The van der Waals surface area contributed by atoms with E-state index in [9.17, 15) is 5.11 Å². The minimum Gasteiger partial charge on any atom is -0.506 e. The van der Waals surface area contributed by atoms with Gasteiger partial charge in [-0.05, 0) is 116 Å². The van der Waals surface area contributed by atoms with Crippen LogP contribution in [0.2, 0.25) is 0 Å². The number of hydrogen-bond acceptors (Lipinski definition) is 2. The molecule has 4 aromatic rings. The summed E-state index contributed by atoms with van der Waals surface area (Å²) < 4.78 is 1.90. The Kier molecular flexibility index (Phi) is 9.46. The molecule has 37 heavy (non-hydrogen) atoms. The molecule has 0 radical (unpaired) electrons. The van der Waals surface area contributed by atoms with Gasteiger partial charge < -0.3 is 5.11 Å². The van der Waals surface area contributed by atoms with Crippen LogP contribution in [0.4, 0.5) is 5.69 Å². The zero-order valence-electron chi connectivity index (χ0n) is 21.9. The van der Waals surface area contributed by atoms with E-state index >= 15 is 0 Å². The summed E-state index contributed by atoms with van der Waals surface area (Å²) in [6.07, 6.45) is 5.79. The highest BCUT2D eigenvalue weighted by molar-refractivity contribution is 14.1. The first kappa shape index (κ1) is 27.8. The van der Waals surface area contributed by atoms with E-state index in [-0.39, 0.29) is 5.75 Å². The number of phenols is 1. The molecule has 4 rings (SSSR count). The summed E-state index contributed by atoms with van der Waals surface area (Å²) in [5.74, 6) is 0.270. The number of rotatable bonds is 8. The molecule has 4 aromatic carbocycles. The van der Waals surface area contributed by atoms with E-state index in [0.29, 0.717) is 0 Å². The van der Waals surface area contributed by atoms with E-state index in [1.807, 2.05) is 18.3 Å². The third kappa shape index (κ3) is 6.45. The maximum Gasteiger partial charge on any atom is 0.137 e. The van der Waals surface area contributed by atoms with Crippen LogP contribution in [-0.4, -0.2) is 11.3 Å². The van der Waals surface area contributed by atoms with Crippen LogP contribution in [-0.2, 0) is 25.7 Å². The number of aryl methyl sites for hydroxylation is 4. The van der Waals surface area contributed by atoms with Gasteiger partial charge in [0.15, 0.2) is 0 Å². The summed E-state index contributed by atoms with van der Waals surface area (Å²) in [4.78, 5) is 5.10. The van der Waals surface area contributed by atoms with Gasteiger partial charge in [-0.3, -0.25) is 4.99 Å². The maximum atomic E-state index is 10.7. The van der Waals surface area contributed by atoms with Crippen molar-refractivity contribution < 1.29 is 5.11 Å². The lowest BCUT2D eigenvalue weighted by atomic mass is 9.91. The molecule has 0 aliphatic carbocycles. The largest absolute Gasteiger partial charge is 0.506 e. The van der Waals surface area contributed by atoms with Gasteiger partial charge in [0.05, 0.1) is 9.26 Å². The molecule has 0 unspecified atom stereocenters. The van der Waals surface area contributed by atoms with Crippen LogP contribution in [0.5, 0.6) is 5.75 Å². The number of para-hydroxylation sites is 1. The molecule has 0 fully saturated rings. The molecular weight excluding hydrogens is 680 g/mol. The maximum absolute atomic E-state index is 10.7. The molecule has 0 saturated carbocycles. The zero-order chi connectivity index (χ0) is 26.5.